The van der Waals surface area contributed by atoms with Gasteiger partial charge in [-0.15, -0.1) is 0 Å². The molecular formula is C26H25N3O5. The van der Waals surface area contributed by atoms with Crippen LogP contribution in [0.25, 0.3) is 10.9 Å². The van der Waals surface area contributed by atoms with Crippen LogP contribution in [-0.2, 0) is 29.5 Å². The molecule has 4 aromatic rings. The average Bonchev–Trinajstić information content (AvgIpc) is 3.23. The van der Waals surface area contributed by atoms with Crippen molar-refractivity contribution < 1.29 is 23.8 Å². The summed E-state index contributed by atoms with van der Waals surface area (Å²) in [7, 11) is 4.93. The van der Waals surface area contributed by atoms with E-state index in [9.17, 15) is 9.59 Å². The number of carbonyl (C=O) groups excluding carboxylic acids is 2. The summed E-state index contributed by atoms with van der Waals surface area (Å²) in [4.78, 5) is 29.0. The van der Waals surface area contributed by atoms with E-state index in [1.54, 1.807) is 68.7 Å². The number of hydrogen-bond acceptors (Lipinski definition) is 7. The van der Waals surface area contributed by atoms with E-state index in [2.05, 4.69) is 10.1 Å². The van der Waals surface area contributed by atoms with Gasteiger partial charge >= 0.3 is 0 Å². The van der Waals surface area contributed by atoms with E-state index in [1.807, 2.05) is 18.2 Å². The first-order valence-corrected chi connectivity index (χ1v) is 10.7. The molecule has 4 rings (SSSR count). The minimum Gasteiger partial charge on any atom is -0.493 e. The van der Waals surface area contributed by atoms with Gasteiger partial charge in [-0.05, 0) is 35.9 Å². The quantitative estimate of drug-likeness (QED) is 0.330. The number of Topliss-reactive ketones (excluding diaryl/α,β-unsaturated/α-hetero) is 2. The van der Waals surface area contributed by atoms with Crippen LogP contribution in [0.5, 0.6) is 23.0 Å². The first-order chi connectivity index (χ1) is 16.5. The van der Waals surface area contributed by atoms with Crippen LogP contribution in [0.2, 0.25) is 0 Å². The zero-order chi connectivity index (χ0) is 24.1. The molecule has 2 aromatic carbocycles. The number of ether oxygens (including phenoxy) is 3. The molecule has 0 bridgehead atoms. The second-order valence-electron chi connectivity index (χ2n) is 7.83. The van der Waals surface area contributed by atoms with E-state index in [1.165, 1.54) is 0 Å². The van der Waals surface area contributed by atoms with Gasteiger partial charge in [0.1, 0.15) is 23.1 Å². The molecule has 0 fully saturated rings. The van der Waals surface area contributed by atoms with Gasteiger partial charge < -0.3 is 14.2 Å². The van der Waals surface area contributed by atoms with Gasteiger partial charge in [-0.2, -0.15) is 5.10 Å². The van der Waals surface area contributed by atoms with Crippen molar-refractivity contribution in [3.63, 3.8) is 0 Å². The number of aromatic nitrogens is 3. The largest absolute Gasteiger partial charge is 0.493 e. The number of hydrogen-bond donors (Lipinski definition) is 0. The topological polar surface area (TPSA) is 92.5 Å². The molecule has 174 valence electrons. The molecule has 0 saturated carbocycles. The lowest BCUT2D eigenvalue weighted by Gasteiger charge is -2.12. The Morgan fingerprint density at radius 2 is 1.56 bits per heavy atom. The fourth-order valence-electron chi connectivity index (χ4n) is 3.69. The lowest BCUT2D eigenvalue weighted by molar-refractivity contribution is -0.126. The van der Waals surface area contributed by atoms with Crippen LogP contribution in [-0.4, -0.2) is 40.6 Å². The summed E-state index contributed by atoms with van der Waals surface area (Å²) < 4.78 is 18.5. The normalized spacial score (nSPS) is 10.8. The Morgan fingerprint density at radius 3 is 2.24 bits per heavy atom. The summed E-state index contributed by atoms with van der Waals surface area (Å²) in [5.41, 5.74) is 2.32. The molecule has 0 aliphatic heterocycles. The minimum atomic E-state index is -0.123. The standard InChI is InChI=1S/C26H25N3O5/c1-29-18(8-11-28-29)13-20(31)14-19(30)12-17-4-6-21(7-5-17)34-24-9-10-27-23-16-26(33-3)25(32-2)15-22(23)24/h4-11,15-16H,12-14H2,1-3H3. The molecule has 0 saturated heterocycles. The number of benzene rings is 2. The molecule has 2 aromatic heterocycles. The summed E-state index contributed by atoms with van der Waals surface area (Å²) in [6.07, 6.45) is 3.59. The lowest BCUT2D eigenvalue weighted by Crippen LogP contribution is -2.14. The maximum atomic E-state index is 12.4. The maximum absolute atomic E-state index is 12.4. The Hall–Kier alpha value is -4.20. The molecule has 34 heavy (non-hydrogen) atoms. The Morgan fingerprint density at radius 1 is 0.853 bits per heavy atom. The predicted octanol–water partition coefficient (Wildman–Crippen LogP) is 4.09. The van der Waals surface area contributed by atoms with Crippen molar-refractivity contribution in [2.24, 2.45) is 7.05 Å². The number of carbonyl (C=O) groups is 2. The highest BCUT2D eigenvalue weighted by Crippen LogP contribution is 2.36. The maximum Gasteiger partial charge on any atom is 0.162 e. The van der Waals surface area contributed by atoms with Crippen molar-refractivity contribution in [1.29, 1.82) is 0 Å². The van der Waals surface area contributed by atoms with E-state index in [4.69, 9.17) is 14.2 Å². The predicted molar refractivity (Wildman–Crippen MR) is 127 cm³/mol. The first kappa shape index (κ1) is 23.0. The van der Waals surface area contributed by atoms with E-state index in [0.29, 0.717) is 28.5 Å². The van der Waals surface area contributed by atoms with Crippen LogP contribution in [0.15, 0.2) is 60.9 Å². The third kappa shape index (κ3) is 5.23. The van der Waals surface area contributed by atoms with Gasteiger partial charge in [-0.1, -0.05) is 12.1 Å². The Labute approximate surface area is 197 Å². The summed E-state index contributed by atoms with van der Waals surface area (Å²) in [5, 5.41) is 4.82. The van der Waals surface area contributed by atoms with E-state index >= 15 is 0 Å². The van der Waals surface area contributed by atoms with E-state index in [-0.39, 0.29) is 30.8 Å². The summed E-state index contributed by atoms with van der Waals surface area (Å²) in [5.74, 6) is 2.17. The van der Waals surface area contributed by atoms with Gasteiger partial charge in [0.15, 0.2) is 11.5 Å². The van der Waals surface area contributed by atoms with Gasteiger partial charge in [0.05, 0.1) is 26.2 Å². The molecule has 0 atom stereocenters. The molecule has 0 unspecified atom stereocenters. The van der Waals surface area contributed by atoms with Crippen molar-refractivity contribution in [3.05, 3.63) is 72.2 Å². The molecule has 0 amide bonds. The van der Waals surface area contributed by atoms with Crippen LogP contribution in [0, 0.1) is 0 Å². The Bertz CT molecular complexity index is 1330. The monoisotopic (exact) mass is 459 g/mol. The second-order valence-corrected chi connectivity index (χ2v) is 7.83. The molecular weight excluding hydrogens is 434 g/mol. The zero-order valence-electron chi connectivity index (χ0n) is 19.3. The van der Waals surface area contributed by atoms with Gasteiger partial charge in [-0.3, -0.25) is 19.3 Å². The number of aryl methyl sites for hydroxylation is 1. The van der Waals surface area contributed by atoms with Crippen molar-refractivity contribution in [2.45, 2.75) is 19.3 Å². The summed E-state index contributed by atoms with van der Waals surface area (Å²) in [6.45, 7) is 0. The highest BCUT2D eigenvalue weighted by atomic mass is 16.5. The molecule has 0 aliphatic rings. The van der Waals surface area contributed by atoms with Crippen LogP contribution in [0.4, 0.5) is 0 Å². The van der Waals surface area contributed by atoms with Crippen LogP contribution in [0.3, 0.4) is 0 Å². The molecule has 2 heterocycles. The third-order valence-electron chi connectivity index (χ3n) is 5.45. The van der Waals surface area contributed by atoms with Crippen LogP contribution >= 0.6 is 0 Å². The summed E-state index contributed by atoms with van der Waals surface area (Å²) in [6, 6.07) is 14.4. The molecule has 0 N–H and O–H groups in total. The van der Waals surface area contributed by atoms with Crippen molar-refractivity contribution in [3.8, 4) is 23.0 Å². The number of rotatable bonds is 10. The van der Waals surface area contributed by atoms with Crippen molar-refractivity contribution in [1.82, 2.24) is 14.8 Å². The fourth-order valence-corrected chi connectivity index (χ4v) is 3.69. The lowest BCUT2D eigenvalue weighted by atomic mass is 10.0. The van der Waals surface area contributed by atoms with Gasteiger partial charge in [-0.25, -0.2) is 0 Å². The fraction of sp³-hybridized carbons (Fsp3) is 0.231. The molecule has 8 heteroatoms. The second kappa shape index (κ2) is 10.2. The number of ketones is 2. The van der Waals surface area contributed by atoms with E-state index in [0.717, 1.165) is 16.6 Å². The SMILES string of the molecule is COc1cc2nccc(Oc3ccc(CC(=O)CC(=O)Cc4ccnn4C)cc3)c2cc1OC. The number of fused-ring (bicyclic) bond motifs is 1. The van der Waals surface area contributed by atoms with Gasteiger partial charge in [0.25, 0.3) is 0 Å². The van der Waals surface area contributed by atoms with Crippen molar-refractivity contribution >= 4 is 22.5 Å². The first-order valence-electron chi connectivity index (χ1n) is 10.7. The molecule has 0 aliphatic carbocycles. The average molecular weight is 460 g/mol. The van der Waals surface area contributed by atoms with Crippen LogP contribution in [0.1, 0.15) is 17.7 Å². The highest BCUT2D eigenvalue weighted by Gasteiger charge is 2.14. The Balaban J connectivity index is 1.41. The smallest absolute Gasteiger partial charge is 0.162 e. The van der Waals surface area contributed by atoms with Crippen LogP contribution < -0.4 is 14.2 Å². The Kier molecular flexibility index (Phi) is 6.87. The highest BCUT2D eigenvalue weighted by molar-refractivity contribution is 6.00. The van der Waals surface area contributed by atoms with Crippen molar-refractivity contribution in [2.75, 3.05) is 14.2 Å². The number of nitrogens with zero attached hydrogens (tertiary/aromatic N) is 3. The molecule has 8 nitrogen and oxygen atoms in total. The summed E-state index contributed by atoms with van der Waals surface area (Å²) >= 11 is 0. The molecule has 0 radical (unpaired) electrons. The third-order valence-corrected chi connectivity index (χ3v) is 5.45. The van der Waals surface area contributed by atoms with E-state index < -0.39 is 0 Å². The number of pyridine rings is 1. The van der Waals surface area contributed by atoms with Gasteiger partial charge in [0, 0.05) is 49.4 Å². The van der Waals surface area contributed by atoms with Gasteiger partial charge in [0.2, 0.25) is 0 Å². The zero-order valence-corrected chi connectivity index (χ0v) is 19.3. The number of methoxy groups -OCH3 is 2. The molecule has 0 spiro atoms. The minimum absolute atomic E-state index is 0.0995.